The van der Waals surface area contributed by atoms with E-state index in [9.17, 15) is 4.79 Å². The number of aldehydes is 1. The first-order valence-corrected chi connectivity index (χ1v) is 8.71. The quantitative estimate of drug-likeness (QED) is 0.472. The minimum atomic E-state index is 0.312. The summed E-state index contributed by atoms with van der Waals surface area (Å²) in [6.07, 6.45) is 10.9. The second kappa shape index (κ2) is 11.1. The van der Waals surface area contributed by atoms with Crippen molar-refractivity contribution in [2.45, 2.75) is 64.7 Å². The number of aliphatic hydroxyl groups is 1. The average molecular weight is 321 g/mol. The van der Waals surface area contributed by atoms with Crippen LogP contribution < -0.4 is 4.90 Å². The van der Waals surface area contributed by atoms with Crippen LogP contribution in [0.3, 0.4) is 0 Å². The first-order chi connectivity index (χ1) is 11.1. The predicted molar refractivity (Wildman–Crippen MR) is 94.2 cm³/mol. The molecule has 1 rings (SSSR count). The largest absolute Gasteiger partial charge is 0.396 e. The van der Waals surface area contributed by atoms with Crippen LogP contribution in [-0.2, 0) is 6.42 Å². The van der Waals surface area contributed by atoms with Gasteiger partial charge in [0, 0.05) is 20.7 Å². The van der Waals surface area contributed by atoms with Crippen molar-refractivity contribution in [3.8, 4) is 0 Å². The highest BCUT2D eigenvalue weighted by molar-refractivity contribution is 5.78. The Morgan fingerprint density at radius 3 is 2.04 bits per heavy atom. The summed E-state index contributed by atoms with van der Waals surface area (Å²) in [5.41, 5.74) is 2.29. The summed E-state index contributed by atoms with van der Waals surface area (Å²) in [6, 6.07) is 0. The molecule has 0 saturated heterocycles. The van der Waals surface area contributed by atoms with Crippen LogP contribution in [0, 0.1) is 6.92 Å². The third-order valence-electron chi connectivity index (χ3n) is 4.04. The molecular weight excluding hydrogens is 290 g/mol. The number of carbonyl (C=O) groups is 1. The summed E-state index contributed by atoms with van der Waals surface area (Å²) in [4.78, 5) is 22.0. The van der Waals surface area contributed by atoms with Gasteiger partial charge in [-0.25, -0.2) is 9.97 Å². The lowest BCUT2D eigenvalue weighted by atomic mass is 10.0. The van der Waals surface area contributed by atoms with E-state index in [-0.39, 0.29) is 0 Å². The van der Waals surface area contributed by atoms with E-state index < -0.39 is 0 Å². The van der Waals surface area contributed by atoms with Crippen molar-refractivity contribution in [2.24, 2.45) is 0 Å². The molecule has 1 heterocycles. The Bertz CT molecular complexity index is 476. The zero-order chi connectivity index (χ0) is 17.1. The number of aliphatic hydroxyl groups excluding tert-OH is 1. The summed E-state index contributed by atoms with van der Waals surface area (Å²) in [5, 5.41) is 8.72. The summed E-state index contributed by atoms with van der Waals surface area (Å²) < 4.78 is 0. The molecule has 0 spiro atoms. The van der Waals surface area contributed by atoms with Crippen molar-refractivity contribution in [1.29, 1.82) is 0 Å². The van der Waals surface area contributed by atoms with Gasteiger partial charge in [0.05, 0.1) is 17.0 Å². The summed E-state index contributed by atoms with van der Waals surface area (Å²) in [5.74, 6) is 0.673. The Balaban J connectivity index is 2.38. The molecule has 0 atom stereocenters. The SMILES string of the molecule is Cc1nc(N(C)C)nc(CCCCCCCCCCO)c1C=O. The van der Waals surface area contributed by atoms with Crippen LogP contribution in [0.15, 0.2) is 0 Å². The molecule has 0 aliphatic carbocycles. The normalized spacial score (nSPS) is 10.8. The van der Waals surface area contributed by atoms with Crippen molar-refractivity contribution >= 4 is 12.2 Å². The van der Waals surface area contributed by atoms with Gasteiger partial charge < -0.3 is 10.0 Å². The Hall–Kier alpha value is -1.49. The molecular formula is C18H31N3O2. The van der Waals surface area contributed by atoms with E-state index in [4.69, 9.17) is 5.11 Å². The Labute approximate surface area is 140 Å². The molecule has 1 N–H and O–H groups in total. The van der Waals surface area contributed by atoms with Crippen molar-refractivity contribution in [2.75, 3.05) is 25.6 Å². The van der Waals surface area contributed by atoms with Crippen LogP contribution in [-0.4, -0.2) is 42.1 Å². The fourth-order valence-corrected chi connectivity index (χ4v) is 2.63. The van der Waals surface area contributed by atoms with Gasteiger partial charge in [-0.05, 0) is 26.2 Å². The smallest absolute Gasteiger partial charge is 0.225 e. The number of nitrogens with zero attached hydrogens (tertiary/aromatic N) is 3. The molecule has 5 heteroatoms. The third-order valence-corrected chi connectivity index (χ3v) is 4.04. The molecule has 0 bridgehead atoms. The number of aryl methyl sites for hydroxylation is 2. The van der Waals surface area contributed by atoms with Crippen molar-refractivity contribution in [3.05, 3.63) is 17.0 Å². The van der Waals surface area contributed by atoms with Gasteiger partial charge in [0.25, 0.3) is 0 Å². The van der Waals surface area contributed by atoms with E-state index in [0.717, 1.165) is 43.4 Å². The van der Waals surface area contributed by atoms with Crippen LogP contribution >= 0.6 is 0 Å². The molecule has 0 amide bonds. The molecule has 5 nitrogen and oxygen atoms in total. The fraction of sp³-hybridized carbons (Fsp3) is 0.722. The van der Waals surface area contributed by atoms with Crippen molar-refractivity contribution < 1.29 is 9.90 Å². The van der Waals surface area contributed by atoms with Crippen molar-refractivity contribution in [1.82, 2.24) is 9.97 Å². The van der Waals surface area contributed by atoms with Gasteiger partial charge in [0.2, 0.25) is 5.95 Å². The number of anilines is 1. The van der Waals surface area contributed by atoms with Crippen LogP contribution in [0.1, 0.15) is 73.1 Å². The van der Waals surface area contributed by atoms with Crippen LogP contribution in [0.4, 0.5) is 5.95 Å². The van der Waals surface area contributed by atoms with Crippen LogP contribution in [0.25, 0.3) is 0 Å². The third kappa shape index (κ3) is 7.08. The number of hydrogen-bond acceptors (Lipinski definition) is 5. The topological polar surface area (TPSA) is 66.3 Å². The number of aromatic nitrogens is 2. The number of carbonyl (C=O) groups excluding carboxylic acids is 1. The van der Waals surface area contributed by atoms with Gasteiger partial charge >= 0.3 is 0 Å². The maximum atomic E-state index is 11.3. The van der Waals surface area contributed by atoms with Crippen LogP contribution in [0.5, 0.6) is 0 Å². The van der Waals surface area contributed by atoms with Gasteiger partial charge in [0.15, 0.2) is 6.29 Å². The van der Waals surface area contributed by atoms with E-state index >= 15 is 0 Å². The lowest BCUT2D eigenvalue weighted by Gasteiger charge is -2.14. The standard InChI is InChI=1S/C18H31N3O2/c1-15-16(14-23)17(20-18(19-15)21(2)3)12-10-8-6-4-5-7-9-11-13-22/h14,22H,4-13H2,1-3H3. The maximum Gasteiger partial charge on any atom is 0.225 e. The molecule has 1 aromatic heterocycles. The van der Waals surface area contributed by atoms with E-state index in [1.54, 1.807) is 0 Å². The van der Waals surface area contributed by atoms with Gasteiger partial charge in [0.1, 0.15) is 0 Å². The maximum absolute atomic E-state index is 11.3. The monoisotopic (exact) mass is 321 g/mol. The van der Waals surface area contributed by atoms with E-state index in [2.05, 4.69) is 9.97 Å². The van der Waals surface area contributed by atoms with Crippen LogP contribution in [0.2, 0.25) is 0 Å². The summed E-state index contributed by atoms with van der Waals surface area (Å²) in [6.45, 7) is 2.18. The minimum Gasteiger partial charge on any atom is -0.396 e. The number of hydrogen-bond donors (Lipinski definition) is 1. The molecule has 0 aromatic carbocycles. The lowest BCUT2D eigenvalue weighted by molar-refractivity contribution is 0.112. The number of rotatable bonds is 12. The van der Waals surface area contributed by atoms with Crippen molar-refractivity contribution in [3.63, 3.8) is 0 Å². The Kier molecular flexibility index (Phi) is 9.45. The zero-order valence-electron chi connectivity index (χ0n) is 14.8. The molecule has 23 heavy (non-hydrogen) atoms. The first kappa shape index (κ1) is 19.6. The molecule has 0 saturated carbocycles. The molecule has 0 radical (unpaired) electrons. The molecule has 1 aromatic rings. The molecule has 0 unspecified atom stereocenters. The number of unbranched alkanes of at least 4 members (excludes halogenated alkanes) is 7. The van der Waals surface area contributed by atoms with E-state index in [1.807, 2.05) is 25.9 Å². The van der Waals surface area contributed by atoms with E-state index in [0.29, 0.717) is 18.1 Å². The molecule has 0 fully saturated rings. The highest BCUT2D eigenvalue weighted by Gasteiger charge is 2.11. The second-order valence-corrected chi connectivity index (χ2v) is 6.28. The Morgan fingerprint density at radius 2 is 1.52 bits per heavy atom. The zero-order valence-corrected chi connectivity index (χ0v) is 14.8. The first-order valence-electron chi connectivity index (χ1n) is 8.71. The van der Waals surface area contributed by atoms with Gasteiger partial charge in [-0.1, -0.05) is 38.5 Å². The average Bonchev–Trinajstić information content (AvgIpc) is 2.52. The van der Waals surface area contributed by atoms with Gasteiger partial charge in [-0.3, -0.25) is 4.79 Å². The second-order valence-electron chi connectivity index (χ2n) is 6.28. The highest BCUT2D eigenvalue weighted by Crippen LogP contribution is 2.16. The summed E-state index contributed by atoms with van der Waals surface area (Å²) in [7, 11) is 3.83. The van der Waals surface area contributed by atoms with Gasteiger partial charge in [-0.15, -0.1) is 0 Å². The van der Waals surface area contributed by atoms with Gasteiger partial charge in [-0.2, -0.15) is 0 Å². The van der Waals surface area contributed by atoms with E-state index in [1.165, 1.54) is 32.1 Å². The predicted octanol–water partition coefficient (Wildman–Crippen LogP) is 3.32. The molecule has 0 aliphatic heterocycles. The lowest BCUT2D eigenvalue weighted by Crippen LogP contribution is -2.16. The Morgan fingerprint density at radius 1 is 0.957 bits per heavy atom. The highest BCUT2D eigenvalue weighted by atomic mass is 16.2. The molecule has 0 aliphatic rings. The molecule has 130 valence electrons. The minimum absolute atomic E-state index is 0.312. The fourth-order valence-electron chi connectivity index (χ4n) is 2.63. The summed E-state index contributed by atoms with van der Waals surface area (Å²) >= 11 is 0.